The third-order valence-corrected chi connectivity index (χ3v) is 7.02. The lowest BCUT2D eigenvalue weighted by molar-refractivity contribution is 0.300. The van der Waals surface area contributed by atoms with E-state index in [1.165, 1.54) is 10.6 Å². The molecule has 0 saturated carbocycles. The molecule has 1 N–H and O–H groups in total. The lowest BCUT2D eigenvalue weighted by Gasteiger charge is -2.38. The number of hydrogen-bond donors (Lipinski definition) is 1. The van der Waals surface area contributed by atoms with Gasteiger partial charge in [0.25, 0.3) is 0 Å². The average Bonchev–Trinajstić information content (AvgIpc) is 3.21. The summed E-state index contributed by atoms with van der Waals surface area (Å²) in [6, 6.07) is 2.89. The van der Waals surface area contributed by atoms with Gasteiger partial charge in [0.1, 0.15) is 18.0 Å². The molecule has 1 fully saturated rings. The minimum absolute atomic E-state index is 0.356. The second kappa shape index (κ2) is 5.92. The highest BCUT2D eigenvalue weighted by molar-refractivity contribution is 7.89. The molecule has 3 aromatic rings. The van der Waals surface area contributed by atoms with Crippen molar-refractivity contribution in [2.75, 3.05) is 13.1 Å². The van der Waals surface area contributed by atoms with Crippen LogP contribution in [0.5, 0.6) is 0 Å². The van der Waals surface area contributed by atoms with Crippen molar-refractivity contribution in [3.63, 3.8) is 0 Å². The molecule has 25 heavy (non-hydrogen) atoms. The third kappa shape index (κ3) is 2.63. The summed E-state index contributed by atoms with van der Waals surface area (Å²) in [4.78, 5) is 11.6. The van der Waals surface area contributed by atoms with Gasteiger partial charge in [-0.1, -0.05) is 6.92 Å². The van der Waals surface area contributed by atoms with Crippen LogP contribution in [0, 0.1) is 6.04 Å². The van der Waals surface area contributed by atoms with Crippen LogP contribution >= 0.6 is 0 Å². The number of aromatic amines is 1. The van der Waals surface area contributed by atoms with Crippen LogP contribution in [0.15, 0.2) is 31.0 Å². The van der Waals surface area contributed by atoms with Crippen LogP contribution < -0.4 is 0 Å². The van der Waals surface area contributed by atoms with Gasteiger partial charge in [-0.15, -0.1) is 0 Å². The zero-order valence-electron chi connectivity index (χ0n) is 14.0. The van der Waals surface area contributed by atoms with Gasteiger partial charge in [0, 0.05) is 36.4 Å². The van der Waals surface area contributed by atoms with Crippen molar-refractivity contribution in [2.24, 2.45) is 0 Å². The van der Waals surface area contributed by atoms with Crippen LogP contribution in [0.4, 0.5) is 0 Å². The van der Waals surface area contributed by atoms with E-state index >= 15 is 0 Å². The van der Waals surface area contributed by atoms with Gasteiger partial charge in [-0.2, -0.15) is 9.40 Å². The third-order valence-electron chi connectivity index (χ3n) is 4.70. The van der Waals surface area contributed by atoms with E-state index in [2.05, 4.69) is 20.1 Å². The molecule has 1 aliphatic rings. The Balaban J connectivity index is 1.53. The minimum Gasteiger partial charge on any atom is -0.346 e. The Morgan fingerprint density at radius 1 is 1.32 bits per heavy atom. The highest BCUT2D eigenvalue weighted by atomic mass is 32.2. The summed E-state index contributed by atoms with van der Waals surface area (Å²) in [6.07, 6.45) is 7.58. The molecule has 1 aliphatic heterocycles. The molecule has 0 aromatic carbocycles. The van der Waals surface area contributed by atoms with Gasteiger partial charge < -0.3 is 4.98 Å². The van der Waals surface area contributed by atoms with Gasteiger partial charge >= 0.3 is 0 Å². The Morgan fingerprint density at radius 2 is 2.12 bits per heavy atom. The predicted molar refractivity (Wildman–Crippen MR) is 94.0 cm³/mol. The van der Waals surface area contributed by atoms with Crippen molar-refractivity contribution < 1.29 is 8.42 Å². The lowest BCUT2D eigenvalue weighted by Crippen LogP contribution is -2.53. The van der Waals surface area contributed by atoms with E-state index in [0.29, 0.717) is 19.5 Å². The van der Waals surface area contributed by atoms with E-state index in [1.54, 1.807) is 17.8 Å². The number of rotatable bonds is 5. The van der Waals surface area contributed by atoms with Crippen molar-refractivity contribution >= 4 is 21.1 Å². The van der Waals surface area contributed by atoms with Crippen LogP contribution in [0.25, 0.3) is 22.3 Å². The number of fused-ring (bicyclic) bond motifs is 1. The standard InChI is InChI=1S/C16H19N6O2S/c1-3-11(2)25(23,24)21-8-13(9-21)22-7-12(6-20-22)15-14-4-5-17-16(14)19-10-18-15/h4-7,10-11H,3,8-9H2,1-2H3,(H,17,18,19). The summed E-state index contributed by atoms with van der Waals surface area (Å²) in [6.45, 7) is 4.40. The maximum absolute atomic E-state index is 12.3. The average molecular weight is 359 g/mol. The molecule has 1 unspecified atom stereocenters. The smallest absolute Gasteiger partial charge is 0.216 e. The Labute approximate surface area is 145 Å². The molecule has 4 heterocycles. The van der Waals surface area contributed by atoms with Crippen LogP contribution in [0.2, 0.25) is 0 Å². The van der Waals surface area contributed by atoms with E-state index in [9.17, 15) is 8.42 Å². The van der Waals surface area contributed by atoms with Crippen LogP contribution in [0.1, 0.15) is 20.3 Å². The molecule has 3 aromatic heterocycles. The van der Waals surface area contributed by atoms with Gasteiger partial charge in [-0.25, -0.2) is 18.4 Å². The van der Waals surface area contributed by atoms with Crippen molar-refractivity contribution in [2.45, 2.75) is 25.5 Å². The van der Waals surface area contributed by atoms with Crippen LogP contribution in [0.3, 0.4) is 0 Å². The van der Waals surface area contributed by atoms with Crippen molar-refractivity contribution in [3.8, 4) is 11.3 Å². The Hall–Kier alpha value is -2.26. The fraction of sp³-hybridized carbons (Fsp3) is 0.375. The van der Waals surface area contributed by atoms with Crippen LogP contribution in [-0.2, 0) is 10.0 Å². The quantitative estimate of drug-likeness (QED) is 0.747. The first-order valence-electron chi connectivity index (χ1n) is 8.18. The maximum atomic E-state index is 12.3. The molecule has 0 bridgehead atoms. The SMILES string of the molecule is CCC(C)S(=O)(=O)N1C[C](n2cc(-c3ncnc4[nH]ccc34)cn2)C1. The molecular formula is C16H19N6O2S. The zero-order chi connectivity index (χ0) is 17.6. The summed E-state index contributed by atoms with van der Waals surface area (Å²) in [5.74, 6) is 0. The monoisotopic (exact) mass is 359 g/mol. The number of nitrogens with one attached hydrogen (secondary N) is 1. The van der Waals surface area contributed by atoms with Crippen molar-refractivity contribution in [1.29, 1.82) is 0 Å². The Morgan fingerprint density at radius 3 is 2.88 bits per heavy atom. The number of H-pyrrole nitrogens is 1. The second-order valence-electron chi connectivity index (χ2n) is 6.23. The maximum Gasteiger partial charge on any atom is 0.216 e. The largest absolute Gasteiger partial charge is 0.346 e. The lowest BCUT2D eigenvalue weighted by atomic mass is 10.1. The summed E-state index contributed by atoms with van der Waals surface area (Å²) in [5.41, 5.74) is 2.46. The molecule has 1 radical (unpaired) electrons. The number of hydrogen-bond acceptors (Lipinski definition) is 5. The highest BCUT2D eigenvalue weighted by Crippen LogP contribution is 2.29. The van der Waals surface area contributed by atoms with E-state index in [4.69, 9.17) is 0 Å². The first-order valence-corrected chi connectivity index (χ1v) is 9.68. The molecule has 9 heteroatoms. The first-order chi connectivity index (χ1) is 12.0. The highest BCUT2D eigenvalue weighted by Gasteiger charge is 2.40. The molecule has 0 amide bonds. The fourth-order valence-corrected chi connectivity index (χ4v) is 4.46. The van der Waals surface area contributed by atoms with E-state index in [-0.39, 0.29) is 5.25 Å². The molecule has 0 spiro atoms. The Bertz CT molecular complexity index is 1000. The van der Waals surface area contributed by atoms with Gasteiger partial charge in [0.2, 0.25) is 10.0 Å². The molecule has 131 valence electrons. The first kappa shape index (κ1) is 16.2. The van der Waals surface area contributed by atoms with Gasteiger partial charge in [-0.3, -0.25) is 4.68 Å². The van der Waals surface area contributed by atoms with E-state index in [0.717, 1.165) is 28.3 Å². The van der Waals surface area contributed by atoms with Gasteiger partial charge in [-0.05, 0) is 19.4 Å². The number of sulfonamides is 1. The molecule has 1 atom stereocenters. The molecule has 4 rings (SSSR count). The molecule has 8 nitrogen and oxygen atoms in total. The Kier molecular flexibility index (Phi) is 3.84. The number of nitrogens with zero attached hydrogens (tertiary/aromatic N) is 5. The minimum atomic E-state index is -3.21. The van der Waals surface area contributed by atoms with Crippen molar-refractivity contribution in [1.82, 2.24) is 29.0 Å². The molecule has 1 saturated heterocycles. The van der Waals surface area contributed by atoms with Crippen LogP contribution in [-0.4, -0.2) is 55.8 Å². The van der Waals surface area contributed by atoms with Crippen molar-refractivity contribution in [3.05, 3.63) is 37.0 Å². The summed E-state index contributed by atoms with van der Waals surface area (Å²) in [7, 11) is -3.21. The van der Waals surface area contributed by atoms with E-state index < -0.39 is 10.0 Å². The summed E-state index contributed by atoms with van der Waals surface area (Å²) in [5, 5.41) is 4.95. The van der Waals surface area contributed by atoms with E-state index in [1.807, 2.05) is 25.4 Å². The fourth-order valence-electron chi connectivity index (χ4n) is 2.87. The second-order valence-corrected chi connectivity index (χ2v) is 8.58. The van der Waals surface area contributed by atoms with Gasteiger partial charge in [0.15, 0.2) is 0 Å². The summed E-state index contributed by atoms with van der Waals surface area (Å²) < 4.78 is 27.9. The molecule has 0 aliphatic carbocycles. The number of aromatic nitrogens is 5. The normalized spacial score (nSPS) is 17.7. The predicted octanol–water partition coefficient (Wildman–Crippen LogP) is 1.65. The topological polar surface area (TPSA) is 96.8 Å². The summed E-state index contributed by atoms with van der Waals surface area (Å²) >= 11 is 0. The zero-order valence-corrected chi connectivity index (χ0v) is 14.9. The molecular weight excluding hydrogens is 340 g/mol. The van der Waals surface area contributed by atoms with Gasteiger partial charge in [0.05, 0.1) is 17.1 Å².